The summed E-state index contributed by atoms with van der Waals surface area (Å²) < 4.78 is 4.72. The summed E-state index contributed by atoms with van der Waals surface area (Å²) in [6.45, 7) is 0. The van der Waals surface area contributed by atoms with Crippen LogP contribution in [0.1, 0.15) is 0 Å². The molecule has 0 aromatic rings. The van der Waals surface area contributed by atoms with Crippen LogP contribution in [0, 0.1) is 0 Å². The van der Waals surface area contributed by atoms with Gasteiger partial charge in [-0.15, -0.1) is 0 Å². The minimum atomic E-state index is 0.472. The number of ether oxygens (including phenoxy) is 1. The zero-order chi connectivity index (χ0) is 7.11. The lowest BCUT2D eigenvalue weighted by molar-refractivity contribution is 0.205. The largest absolute Gasteiger partial charge is 0.494 e. The van der Waals surface area contributed by atoms with Crippen LogP contribution < -0.4 is 5.48 Å². The second-order valence-electron chi connectivity index (χ2n) is 1.27. The van der Waals surface area contributed by atoms with Crippen molar-refractivity contribution in [2.45, 2.75) is 0 Å². The molecule has 0 aliphatic carbocycles. The fraction of sp³-hybridized carbons (Fsp3) is 0.400. The highest BCUT2D eigenvalue weighted by Gasteiger charge is 1.84. The maximum absolute atomic E-state index is 8.13. The normalized spacial score (nSPS) is 12.1. The summed E-state index contributed by atoms with van der Waals surface area (Å²) in [5.74, 6) is 0.472. The van der Waals surface area contributed by atoms with Gasteiger partial charge in [0.15, 0.2) is 5.76 Å². The summed E-state index contributed by atoms with van der Waals surface area (Å²) in [4.78, 5) is 3.66. The minimum Gasteiger partial charge on any atom is -0.494 e. The first-order chi connectivity index (χ1) is 4.35. The lowest BCUT2D eigenvalue weighted by Crippen LogP contribution is -1.99. The second kappa shape index (κ2) is 5.11. The smallest absolute Gasteiger partial charge is 0.154 e. The molecule has 0 spiro atoms. The van der Waals surface area contributed by atoms with Gasteiger partial charge in [-0.1, -0.05) is 0 Å². The zero-order valence-corrected chi connectivity index (χ0v) is 5.46. The van der Waals surface area contributed by atoms with E-state index in [0.717, 1.165) is 0 Å². The summed E-state index contributed by atoms with van der Waals surface area (Å²) in [7, 11) is 3.11. The predicted molar refractivity (Wildman–Crippen MR) is 34.4 cm³/mol. The molecule has 0 saturated heterocycles. The highest BCUT2D eigenvalue weighted by molar-refractivity contribution is 5.75. The molecule has 0 bridgehead atoms. The first-order valence-electron chi connectivity index (χ1n) is 2.41. The molecular formula is C5H10N2O2. The third-order valence-electron chi connectivity index (χ3n) is 0.699. The Hall–Kier alpha value is -1.03. The molecule has 4 nitrogen and oxygen atoms in total. The van der Waals surface area contributed by atoms with Gasteiger partial charge in [0.1, 0.15) is 0 Å². The number of hydroxylamine groups is 1. The van der Waals surface area contributed by atoms with E-state index < -0.39 is 0 Å². The van der Waals surface area contributed by atoms with Gasteiger partial charge in [0.05, 0.1) is 19.5 Å². The molecule has 0 saturated carbocycles. The molecule has 0 unspecified atom stereocenters. The standard InChI is InChI=1S/C5H10N2O2/c1-6-3-5(9-2)4-7-8/h3-4,7-8H,1-2H3. The van der Waals surface area contributed by atoms with E-state index in [9.17, 15) is 0 Å². The van der Waals surface area contributed by atoms with Crippen LogP contribution in [-0.4, -0.2) is 25.6 Å². The highest BCUT2D eigenvalue weighted by Crippen LogP contribution is 1.85. The molecule has 0 aromatic heterocycles. The van der Waals surface area contributed by atoms with E-state index in [1.165, 1.54) is 19.5 Å². The van der Waals surface area contributed by atoms with Crippen molar-refractivity contribution < 1.29 is 9.94 Å². The molecule has 0 heterocycles. The Labute approximate surface area is 53.8 Å². The van der Waals surface area contributed by atoms with E-state index in [2.05, 4.69) is 4.99 Å². The van der Waals surface area contributed by atoms with Crippen LogP contribution >= 0.6 is 0 Å². The molecule has 0 fully saturated rings. The number of nitrogens with one attached hydrogen (secondary N) is 1. The topological polar surface area (TPSA) is 53.9 Å². The number of rotatable bonds is 3. The Bertz CT molecular complexity index is 120. The van der Waals surface area contributed by atoms with Crippen LogP contribution in [0.4, 0.5) is 0 Å². The molecule has 9 heavy (non-hydrogen) atoms. The van der Waals surface area contributed by atoms with Crippen molar-refractivity contribution in [2.24, 2.45) is 4.99 Å². The maximum Gasteiger partial charge on any atom is 0.154 e. The van der Waals surface area contributed by atoms with E-state index >= 15 is 0 Å². The second-order valence-corrected chi connectivity index (χ2v) is 1.27. The average Bonchev–Trinajstić information content (AvgIpc) is 1.88. The third-order valence-corrected chi connectivity index (χ3v) is 0.699. The van der Waals surface area contributed by atoms with Crippen LogP contribution in [0.15, 0.2) is 17.0 Å². The van der Waals surface area contributed by atoms with Crippen LogP contribution in [-0.2, 0) is 4.74 Å². The molecule has 52 valence electrons. The number of allylic oxidation sites excluding steroid dienone is 1. The molecule has 0 aliphatic heterocycles. The number of hydrogen-bond acceptors (Lipinski definition) is 4. The summed E-state index contributed by atoms with van der Waals surface area (Å²) in [5.41, 5.74) is 1.83. The fourth-order valence-electron chi connectivity index (χ4n) is 0.340. The quantitative estimate of drug-likeness (QED) is 0.325. The Morgan fingerprint density at radius 1 is 1.78 bits per heavy atom. The van der Waals surface area contributed by atoms with Gasteiger partial charge in [-0.3, -0.25) is 15.7 Å². The van der Waals surface area contributed by atoms with Gasteiger partial charge >= 0.3 is 0 Å². The summed E-state index contributed by atoms with van der Waals surface area (Å²) in [6.07, 6.45) is 2.76. The molecule has 2 N–H and O–H groups in total. The Balaban J connectivity index is 3.81. The van der Waals surface area contributed by atoms with Crippen molar-refractivity contribution in [3.8, 4) is 0 Å². The molecular weight excluding hydrogens is 120 g/mol. The van der Waals surface area contributed by atoms with E-state index in [-0.39, 0.29) is 0 Å². The van der Waals surface area contributed by atoms with Crippen molar-refractivity contribution in [3.05, 3.63) is 12.0 Å². The van der Waals surface area contributed by atoms with E-state index in [1.54, 1.807) is 7.05 Å². The zero-order valence-electron chi connectivity index (χ0n) is 5.46. The molecule has 0 aromatic carbocycles. The van der Waals surface area contributed by atoms with Crippen molar-refractivity contribution in [1.82, 2.24) is 5.48 Å². The molecule has 0 atom stereocenters. The Kier molecular flexibility index (Phi) is 4.53. The van der Waals surface area contributed by atoms with Crippen molar-refractivity contribution >= 4 is 6.21 Å². The minimum absolute atomic E-state index is 0.472. The molecule has 4 heteroatoms. The van der Waals surface area contributed by atoms with Gasteiger partial charge in [0, 0.05) is 7.05 Å². The third kappa shape index (κ3) is 3.54. The molecule has 0 radical (unpaired) electrons. The Morgan fingerprint density at radius 3 is 2.78 bits per heavy atom. The van der Waals surface area contributed by atoms with Crippen LogP contribution in [0.2, 0.25) is 0 Å². The summed E-state index contributed by atoms with van der Waals surface area (Å²) in [6, 6.07) is 0. The number of methoxy groups -OCH3 is 1. The van der Waals surface area contributed by atoms with Crippen LogP contribution in [0.3, 0.4) is 0 Å². The lowest BCUT2D eigenvalue weighted by atomic mass is 10.6. The average molecular weight is 130 g/mol. The molecule has 0 rings (SSSR count). The monoisotopic (exact) mass is 130 g/mol. The molecule has 0 amide bonds. The van der Waals surface area contributed by atoms with Gasteiger partial charge < -0.3 is 4.74 Å². The van der Waals surface area contributed by atoms with Crippen molar-refractivity contribution in [1.29, 1.82) is 0 Å². The van der Waals surface area contributed by atoms with E-state index in [4.69, 9.17) is 9.94 Å². The predicted octanol–water partition coefficient (Wildman–Crippen LogP) is 0.154. The van der Waals surface area contributed by atoms with Gasteiger partial charge in [-0.2, -0.15) is 0 Å². The van der Waals surface area contributed by atoms with Crippen molar-refractivity contribution in [3.63, 3.8) is 0 Å². The number of hydrogen-bond donors (Lipinski definition) is 2. The van der Waals surface area contributed by atoms with Gasteiger partial charge in [-0.05, 0) is 0 Å². The van der Waals surface area contributed by atoms with Gasteiger partial charge in [-0.25, -0.2) is 0 Å². The van der Waals surface area contributed by atoms with Crippen LogP contribution in [0.5, 0.6) is 0 Å². The first-order valence-corrected chi connectivity index (χ1v) is 2.41. The van der Waals surface area contributed by atoms with Crippen LogP contribution in [0.25, 0.3) is 0 Å². The number of aliphatic imine (C=N–C) groups is 1. The van der Waals surface area contributed by atoms with Crippen molar-refractivity contribution in [2.75, 3.05) is 14.2 Å². The fourth-order valence-corrected chi connectivity index (χ4v) is 0.340. The number of nitrogens with zero attached hydrogens (tertiary/aromatic N) is 1. The molecule has 0 aliphatic rings. The van der Waals surface area contributed by atoms with Gasteiger partial charge in [0.25, 0.3) is 0 Å². The summed E-state index contributed by atoms with van der Waals surface area (Å²) >= 11 is 0. The Morgan fingerprint density at radius 2 is 2.44 bits per heavy atom. The lowest BCUT2D eigenvalue weighted by Gasteiger charge is -1.96. The van der Waals surface area contributed by atoms with Gasteiger partial charge in [0.2, 0.25) is 0 Å². The van der Waals surface area contributed by atoms with E-state index in [0.29, 0.717) is 5.76 Å². The first kappa shape index (κ1) is 7.97. The maximum atomic E-state index is 8.13. The van der Waals surface area contributed by atoms with E-state index in [1.807, 2.05) is 5.48 Å². The SMILES string of the molecule is CN=CC(=CNO)OC. The summed E-state index contributed by atoms with van der Waals surface area (Å²) in [5, 5.41) is 8.13. The highest BCUT2D eigenvalue weighted by atomic mass is 16.5.